The maximum Gasteiger partial charge on any atom is 0.514 e. The van der Waals surface area contributed by atoms with Crippen molar-refractivity contribution in [2.45, 2.75) is 0 Å². The van der Waals surface area contributed by atoms with Gasteiger partial charge in [-0.25, -0.2) is 9.48 Å². The first kappa shape index (κ1) is 11.5. The van der Waals surface area contributed by atoms with Gasteiger partial charge in [0.2, 0.25) is 5.88 Å². The number of hydrogen-bond acceptors (Lipinski definition) is 4. The number of nitrogens with zero attached hydrogens (tertiary/aromatic N) is 2. The average Bonchev–Trinajstić information content (AvgIpc) is 2.78. The van der Waals surface area contributed by atoms with Crippen LogP contribution in [0, 0.1) is 0 Å². The third-order valence-corrected chi connectivity index (χ3v) is 2.26. The van der Waals surface area contributed by atoms with Gasteiger partial charge < -0.3 is 9.47 Å². The highest BCUT2D eigenvalue weighted by Gasteiger charge is 2.07. The molecule has 0 bridgehead atoms. The minimum absolute atomic E-state index is 0.173. The summed E-state index contributed by atoms with van der Waals surface area (Å²) in [5.74, 6) is 0.173. The molecule has 0 saturated heterocycles. The van der Waals surface area contributed by atoms with E-state index in [1.165, 1.54) is 7.11 Å². The van der Waals surface area contributed by atoms with Crippen molar-refractivity contribution in [3.05, 3.63) is 41.6 Å². The van der Waals surface area contributed by atoms with Crippen LogP contribution in [0.5, 0.6) is 5.88 Å². The fourth-order valence-electron chi connectivity index (χ4n) is 1.23. The number of halogens is 1. The van der Waals surface area contributed by atoms with Gasteiger partial charge in [0.15, 0.2) is 0 Å². The van der Waals surface area contributed by atoms with E-state index in [2.05, 4.69) is 9.84 Å². The quantitative estimate of drug-likeness (QED) is 0.771. The number of aromatic nitrogens is 2. The largest absolute Gasteiger partial charge is 0.514 e. The number of methoxy groups -OCH3 is 1. The van der Waals surface area contributed by atoms with Crippen molar-refractivity contribution in [2.24, 2.45) is 0 Å². The lowest BCUT2D eigenvalue weighted by Gasteiger charge is -2.00. The predicted molar refractivity (Wildman–Crippen MR) is 61.6 cm³/mol. The molecule has 0 spiro atoms. The van der Waals surface area contributed by atoms with Crippen LogP contribution in [0.25, 0.3) is 5.69 Å². The van der Waals surface area contributed by atoms with Gasteiger partial charge in [0.05, 0.1) is 12.8 Å². The second-order valence-corrected chi connectivity index (χ2v) is 3.57. The number of hydrogen-bond donors (Lipinski definition) is 0. The molecule has 1 aromatic heterocycles. The van der Waals surface area contributed by atoms with Crippen LogP contribution in [0.2, 0.25) is 5.02 Å². The molecule has 0 aliphatic carbocycles. The van der Waals surface area contributed by atoms with Gasteiger partial charge >= 0.3 is 6.16 Å². The standard InChI is InChI=1S/C11H9ClN2O3/c1-16-11(15)17-10-6-7-14(13-10)9-4-2-8(12)3-5-9/h2-7H,1H3. The summed E-state index contributed by atoms with van der Waals surface area (Å²) in [6, 6.07) is 8.67. The smallest absolute Gasteiger partial charge is 0.437 e. The lowest BCUT2D eigenvalue weighted by Crippen LogP contribution is -2.08. The van der Waals surface area contributed by atoms with E-state index in [1.807, 2.05) is 0 Å². The van der Waals surface area contributed by atoms with Crippen LogP contribution in [0.4, 0.5) is 4.79 Å². The molecule has 1 heterocycles. The molecule has 1 aromatic carbocycles. The zero-order valence-electron chi connectivity index (χ0n) is 8.96. The highest BCUT2D eigenvalue weighted by Crippen LogP contribution is 2.15. The maximum absolute atomic E-state index is 10.9. The number of carbonyl (C=O) groups is 1. The summed E-state index contributed by atoms with van der Waals surface area (Å²) in [4.78, 5) is 10.9. The molecule has 0 saturated carbocycles. The van der Waals surface area contributed by atoms with Crippen molar-refractivity contribution in [2.75, 3.05) is 7.11 Å². The second-order valence-electron chi connectivity index (χ2n) is 3.13. The fraction of sp³-hybridized carbons (Fsp3) is 0.0909. The van der Waals surface area contributed by atoms with Gasteiger partial charge in [0.1, 0.15) is 0 Å². The van der Waals surface area contributed by atoms with E-state index < -0.39 is 6.16 Å². The predicted octanol–water partition coefficient (Wildman–Crippen LogP) is 2.67. The summed E-state index contributed by atoms with van der Waals surface area (Å²) < 4.78 is 10.7. The molecule has 88 valence electrons. The normalized spacial score (nSPS) is 10.0. The highest BCUT2D eigenvalue weighted by molar-refractivity contribution is 6.30. The Kier molecular flexibility index (Phi) is 3.30. The Labute approximate surface area is 103 Å². The molecule has 5 nitrogen and oxygen atoms in total. The molecule has 0 radical (unpaired) electrons. The molecular formula is C11H9ClN2O3. The van der Waals surface area contributed by atoms with Gasteiger partial charge in [-0.05, 0) is 24.3 Å². The monoisotopic (exact) mass is 252 g/mol. The van der Waals surface area contributed by atoms with Gasteiger partial charge in [0.25, 0.3) is 0 Å². The van der Waals surface area contributed by atoms with Crippen LogP contribution in [-0.2, 0) is 4.74 Å². The third kappa shape index (κ3) is 2.76. The van der Waals surface area contributed by atoms with Gasteiger partial charge in [0, 0.05) is 17.3 Å². The molecule has 2 aromatic rings. The van der Waals surface area contributed by atoms with Crippen molar-refractivity contribution in [1.29, 1.82) is 0 Å². The summed E-state index contributed by atoms with van der Waals surface area (Å²) in [7, 11) is 1.23. The van der Waals surface area contributed by atoms with E-state index in [4.69, 9.17) is 16.3 Å². The van der Waals surface area contributed by atoms with Crippen LogP contribution in [0.15, 0.2) is 36.5 Å². The van der Waals surface area contributed by atoms with Gasteiger partial charge in [-0.15, -0.1) is 5.10 Å². The number of benzene rings is 1. The lowest BCUT2D eigenvalue weighted by molar-refractivity contribution is 0.119. The van der Waals surface area contributed by atoms with Crippen LogP contribution >= 0.6 is 11.6 Å². The minimum atomic E-state index is -0.800. The summed E-state index contributed by atoms with van der Waals surface area (Å²) in [6.45, 7) is 0. The van der Waals surface area contributed by atoms with Crippen molar-refractivity contribution >= 4 is 17.8 Å². The Balaban J connectivity index is 2.18. The van der Waals surface area contributed by atoms with E-state index >= 15 is 0 Å². The van der Waals surface area contributed by atoms with Gasteiger partial charge in [-0.2, -0.15) is 0 Å². The average molecular weight is 253 g/mol. The van der Waals surface area contributed by atoms with Crippen molar-refractivity contribution in [3.63, 3.8) is 0 Å². The first-order valence-corrected chi connectivity index (χ1v) is 5.14. The van der Waals surface area contributed by atoms with Crippen LogP contribution in [-0.4, -0.2) is 23.0 Å². The van der Waals surface area contributed by atoms with E-state index in [9.17, 15) is 4.79 Å². The molecule has 0 atom stereocenters. The number of ether oxygens (including phenoxy) is 2. The van der Waals surface area contributed by atoms with Crippen LogP contribution < -0.4 is 4.74 Å². The van der Waals surface area contributed by atoms with Crippen LogP contribution in [0.1, 0.15) is 0 Å². The highest BCUT2D eigenvalue weighted by atomic mass is 35.5. The Bertz CT molecular complexity index is 522. The van der Waals surface area contributed by atoms with Crippen LogP contribution in [0.3, 0.4) is 0 Å². The number of carbonyl (C=O) groups excluding carboxylic acids is 1. The van der Waals surface area contributed by atoms with Gasteiger partial charge in [-0.1, -0.05) is 11.6 Å². The Hall–Kier alpha value is -2.01. The zero-order valence-corrected chi connectivity index (χ0v) is 9.72. The third-order valence-electron chi connectivity index (χ3n) is 2.01. The fourth-order valence-corrected chi connectivity index (χ4v) is 1.35. The molecule has 0 aliphatic rings. The Morgan fingerprint density at radius 3 is 2.65 bits per heavy atom. The summed E-state index contributed by atoms with van der Waals surface area (Å²) in [6.07, 6.45) is 0.868. The zero-order chi connectivity index (χ0) is 12.3. The van der Waals surface area contributed by atoms with E-state index in [-0.39, 0.29) is 5.88 Å². The first-order valence-electron chi connectivity index (χ1n) is 4.76. The van der Waals surface area contributed by atoms with E-state index in [1.54, 1.807) is 41.2 Å². The molecule has 0 amide bonds. The molecule has 6 heteroatoms. The molecular weight excluding hydrogens is 244 g/mol. The lowest BCUT2D eigenvalue weighted by atomic mass is 10.3. The second kappa shape index (κ2) is 4.88. The number of rotatable bonds is 2. The van der Waals surface area contributed by atoms with Crippen molar-refractivity contribution in [1.82, 2.24) is 9.78 Å². The molecule has 17 heavy (non-hydrogen) atoms. The molecule has 0 aliphatic heterocycles. The summed E-state index contributed by atoms with van der Waals surface area (Å²) in [5.41, 5.74) is 0.814. The maximum atomic E-state index is 10.9. The van der Waals surface area contributed by atoms with E-state index in [0.717, 1.165) is 5.69 Å². The van der Waals surface area contributed by atoms with Crippen molar-refractivity contribution in [3.8, 4) is 11.6 Å². The molecule has 0 fully saturated rings. The molecule has 2 rings (SSSR count). The SMILES string of the molecule is COC(=O)Oc1ccn(-c2ccc(Cl)cc2)n1. The topological polar surface area (TPSA) is 53.4 Å². The molecule has 0 unspecified atom stereocenters. The summed E-state index contributed by atoms with van der Waals surface area (Å²) >= 11 is 5.78. The molecule has 0 N–H and O–H groups in total. The van der Waals surface area contributed by atoms with Gasteiger partial charge in [-0.3, -0.25) is 0 Å². The van der Waals surface area contributed by atoms with E-state index in [0.29, 0.717) is 5.02 Å². The minimum Gasteiger partial charge on any atom is -0.437 e. The first-order chi connectivity index (χ1) is 8.19. The summed E-state index contributed by atoms with van der Waals surface area (Å²) in [5, 5.41) is 4.69. The van der Waals surface area contributed by atoms with Crippen molar-refractivity contribution < 1.29 is 14.3 Å². The Morgan fingerprint density at radius 2 is 2.00 bits per heavy atom. The Morgan fingerprint density at radius 1 is 1.29 bits per heavy atom.